The molecule has 6 nitrogen and oxygen atoms in total. The van der Waals surface area contributed by atoms with E-state index >= 15 is 0 Å². The number of rotatable bonds is 2. The second kappa shape index (κ2) is 7.67. The first kappa shape index (κ1) is 20.8. The van der Waals surface area contributed by atoms with Crippen LogP contribution in [0.3, 0.4) is 0 Å². The van der Waals surface area contributed by atoms with E-state index < -0.39 is 11.4 Å². The van der Waals surface area contributed by atoms with Gasteiger partial charge < -0.3 is 9.64 Å². The summed E-state index contributed by atoms with van der Waals surface area (Å²) in [7, 11) is 0. The molecule has 1 amide bonds. The van der Waals surface area contributed by atoms with Gasteiger partial charge in [-0.2, -0.15) is 0 Å². The summed E-state index contributed by atoms with van der Waals surface area (Å²) in [5.41, 5.74) is -0.225. The minimum atomic E-state index is -0.518. The fourth-order valence-electron chi connectivity index (χ4n) is 5.12. The van der Waals surface area contributed by atoms with Crippen molar-refractivity contribution < 1.29 is 13.9 Å². The minimum absolute atomic E-state index is 0.00844. The van der Waals surface area contributed by atoms with Gasteiger partial charge in [0.05, 0.1) is 17.2 Å². The highest BCUT2D eigenvalue weighted by molar-refractivity contribution is 5.77. The van der Waals surface area contributed by atoms with Gasteiger partial charge in [-0.15, -0.1) is 0 Å². The highest BCUT2D eigenvalue weighted by atomic mass is 19.1. The molecule has 1 aromatic carbocycles. The van der Waals surface area contributed by atoms with Crippen LogP contribution in [-0.2, 0) is 11.3 Å². The number of carbonyl (C=O) groups is 1. The lowest BCUT2D eigenvalue weighted by Gasteiger charge is -2.46. The van der Waals surface area contributed by atoms with Crippen LogP contribution in [0.15, 0.2) is 29.3 Å². The SMILES string of the molecule is CC(C)(C)OC(=O)N1CC[C@H](Cn2cnc3ccc(F)cc3c2=O)C2(CCCC2)C1. The minimum Gasteiger partial charge on any atom is -0.444 e. The molecule has 1 aromatic heterocycles. The lowest BCUT2D eigenvalue weighted by atomic mass is 9.69. The van der Waals surface area contributed by atoms with Gasteiger partial charge in [0.2, 0.25) is 0 Å². The maximum Gasteiger partial charge on any atom is 0.410 e. The molecule has 2 aromatic rings. The van der Waals surface area contributed by atoms with Crippen LogP contribution in [0.1, 0.15) is 52.9 Å². The van der Waals surface area contributed by atoms with Crippen molar-refractivity contribution in [2.45, 2.75) is 65.0 Å². The molecular weight excluding hydrogens is 385 g/mol. The molecule has 0 unspecified atom stereocenters. The summed E-state index contributed by atoms with van der Waals surface area (Å²) in [6, 6.07) is 4.12. The van der Waals surface area contributed by atoms with Gasteiger partial charge in [0.15, 0.2) is 0 Å². The molecule has 0 radical (unpaired) electrons. The molecule has 2 aliphatic rings. The van der Waals surface area contributed by atoms with Crippen LogP contribution in [-0.4, -0.2) is 39.2 Å². The fraction of sp³-hybridized carbons (Fsp3) is 0.609. The van der Waals surface area contributed by atoms with E-state index in [1.165, 1.54) is 18.2 Å². The van der Waals surface area contributed by atoms with Crippen molar-refractivity contribution in [2.24, 2.45) is 11.3 Å². The quantitative estimate of drug-likeness (QED) is 0.731. The smallest absolute Gasteiger partial charge is 0.410 e. The van der Waals surface area contributed by atoms with Crippen LogP contribution in [0.5, 0.6) is 0 Å². The summed E-state index contributed by atoms with van der Waals surface area (Å²) in [5.74, 6) is -0.165. The first-order valence-corrected chi connectivity index (χ1v) is 10.8. The molecule has 4 rings (SSSR count). The van der Waals surface area contributed by atoms with E-state index in [9.17, 15) is 14.0 Å². The number of amides is 1. The molecule has 0 bridgehead atoms. The third-order valence-electron chi connectivity index (χ3n) is 6.57. The van der Waals surface area contributed by atoms with E-state index in [1.54, 1.807) is 10.9 Å². The summed E-state index contributed by atoms with van der Waals surface area (Å²) in [5, 5.41) is 0.309. The second-order valence-corrected chi connectivity index (χ2v) is 9.82. The van der Waals surface area contributed by atoms with Crippen molar-refractivity contribution in [1.29, 1.82) is 0 Å². The number of halogens is 1. The fourth-order valence-corrected chi connectivity index (χ4v) is 5.12. The van der Waals surface area contributed by atoms with E-state index in [4.69, 9.17) is 4.74 Å². The maximum atomic E-state index is 13.7. The Hall–Kier alpha value is -2.44. The van der Waals surface area contributed by atoms with E-state index in [0.29, 0.717) is 30.5 Å². The Kier molecular flexibility index (Phi) is 5.32. The maximum absolute atomic E-state index is 13.7. The van der Waals surface area contributed by atoms with Crippen molar-refractivity contribution in [3.05, 3.63) is 40.7 Å². The lowest BCUT2D eigenvalue weighted by molar-refractivity contribution is -0.0156. The Labute approximate surface area is 176 Å². The standard InChI is InChI=1S/C23H30FN3O3/c1-22(2,3)30-21(29)26-11-8-16(23(14-26)9-4-5-10-23)13-27-15-25-19-7-6-17(24)12-18(19)20(27)28/h6-7,12,15-16H,4-5,8-11,13-14H2,1-3H3/t16-/m1/s1. The predicted octanol–water partition coefficient (Wildman–Crippen LogP) is 4.35. The van der Waals surface area contributed by atoms with E-state index in [1.807, 2.05) is 25.7 Å². The average Bonchev–Trinajstić information content (AvgIpc) is 3.13. The van der Waals surface area contributed by atoms with Crippen LogP contribution >= 0.6 is 0 Å². The number of benzene rings is 1. The average molecular weight is 416 g/mol. The van der Waals surface area contributed by atoms with Crippen molar-refractivity contribution in [2.75, 3.05) is 13.1 Å². The first-order valence-electron chi connectivity index (χ1n) is 10.8. The number of nitrogens with zero attached hydrogens (tertiary/aromatic N) is 3. The molecule has 1 atom stereocenters. The number of ether oxygens (including phenoxy) is 1. The summed E-state index contributed by atoms with van der Waals surface area (Å²) < 4.78 is 20.9. The first-order chi connectivity index (χ1) is 14.2. The van der Waals surface area contributed by atoms with Gasteiger partial charge in [-0.25, -0.2) is 14.2 Å². The zero-order valence-electron chi connectivity index (χ0n) is 18.0. The monoisotopic (exact) mass is 415 g/mol. The van der Waals surface area contributed by atoms with Crippen LogP contribution in [0.2, 0.25) is 0 Å². The van der Waals surface area contributed by atoms with Gasteiger partial charge >= 0.3 is 6.09 Å². The van der Waals surface area contributed by atoms with Crippen molar-refractivity contribution >= 4 is 17.0 Å². The van der Waals surface area contributed by atoms with Gasteiger partial charge in [-0.3, -0.25) is 9.36 Å². The van der Waals surface area contributed by atoms with Gasteiger partial charge in [0, 0.05) is 19.6 Å². The van der Waals surface area contributed by atoms with Crippen LogP contribution in [0.25, 0.3) is 10.9 Å². The van der Waals surface area contributed by atoms with Gasteiger partial charge in [0.25, 0.3) is 5.56 Å². The highest BCUT2D eigenvalue weighted by Crippen LogP contribution is 2.49. The Balaban J connectivity index is 1.58. The van der Waals surface area contributed by atoms with Gasteiger partial charge in [0.1, 0.15) is 11.4 Å². The molecular formula is C23H30FN3O3. The molecule has 162 valence electrons. The van der Waals surface area contributed by atoms with E-state index in [-0.39, 0.29) is 23.0 Å². The molecule has 1 aliphatic carbocycles. The Morgan fingerprint density at radius 2 is 2.03 bits per heavy atom. The molecule has 0 N–H and O–H groups in total. The molecule has 1 aliphatic heterocycles. The Morgan fingerprint density at radius 3 is 2.73 bits per heavy atom. The molecule has 1 saturated heterocycles. The molecule has 2 heterocycles. The largest absolute Gasteiger partial charge is 0.444 e. The van der Waals surface area contributed by atoms with E-state index in [0.717, 1.165) is 32.1 Å². The van der Waals surface area contributed by atoms with Crippen LogP contribution in [0, 0.1) is 17.2 Å². The van der Waals surface area contributed by atoms with Gasteiger partial charge in [-0.05, 0) is 69.6 Å². The Bertz CT molecular complexity index is 1000. The molecule has 7 heteroatoms. The second-order valence-electron chi connectivity index (χ2n) is 9.82. The van der Waals surface area contributed by atoms with E-state index in [2.05, 4.69) is 4.98 Å². The van der Waals surface area contributed by atoms with Crippen LogP contribution in [0.4, 0.5) is 9.18 Å². The van der Waals surface area contributed by atoms with Crippen molar-refractivity contribution in [3.63, 3.8) is 0 Å². The van der Waals surface area contributed by atoms with Crippen molar-refractivity contribution in [3.8, 4) is 0 Å². The molecule has 1 saturated carbocycles. The summed E-state index contributed by atoms with van der Waals surface area (Å²) in [6.07, 6.45) is 6.48. The number of hydrogen-bond acceptors (Lipinski definition) is 4. The van der Waals surface area contributed by atoms with Crippen LogP contribution < -0.4 is 5.56 Å². The number of carbonyl (C=O) groups excluding carboxylic acids is 1. The van der Waals surface area contributed by atoms with Crippen molar-refractivity contribution in [1.82, 2.24) is 14.5 Å². The summed E-state index contributed by atoms with van der Waals surface area (Å²) in [4.78, 5) is 31.8. The molecule has 2 fully saturated rings. The lowest BCUT2D eigenvalue weighted by Crippen LogP contribution is -2.52. The van der Waals surface area contributed by atoms with Gasteiger partial charge in [-0.1, -0.05) is 12.8 Å². The number of likely N-dealkylation sites (tertiary alicyclic amines) is 1. The zero-order chi connectivity index (χ0) is 21.5. The number of aromatic nitrogens is 2. The molecule has 30 heavy (non-hydrogen) atoms. The number of hydrogen-bond donors (Lipinski definition) is 0. The molecule has 1 spiro atoms. The Morgan fingerprint density at radius 1 is 1.30 bits per heavy atom. The predicted molar refractivity (Wildman–Crippen MR) is 113 cm³/mol. The number of piperidine rings is 1. The summed E-state index contributed by atoms with van der Waals surface area (Å²) >= 11 is 0. The number of fused-ring (bicyclic) bond motifs is 1. The third-order valence-corrected chi connectivity index (χ3v) is 6.57. The normalized spacial score (nSPS) is 21.3. The highest BCUT2D eigenvalue weighted by Gasteiger charge is 2.46. The topological polar surface area (TPSA) is 64.4 Å². The third kappa shape index (κ3) is 4.07. The summed E-state index contributed by atoms with van der Waals surface area (Å²) in [6.45, 7) is 7.46. The zero-order valence-corrected chi connectivity index (χ0v) is 18.0.